The van der Waals surface area contributed by atoms with Crippen LogP contribution in [-0.4, -0.2) is 33.9 Å². The van der Waals surface area contributed by atoms with Crippen LogP contribution in [0, 0.1) is 17.2 Å². The maximum Gasteiger partial charge on any atom is 0.317 e. The van der Waals surface area contributed by atoms with E-state index in [1.165, 1.54) is 19.1 Å². The van der Waals surface area contributed by atoms with Gasteiger partial charge in [-0.1, -0.05) is 12.1 Å². The number of carbonyl (C=O) groups is 3. The topological polar surface area (TPSA) is 121 Å². The molecular formula is C23H25N3O5. The molecule has 2 atom stereocenters. The number of Topliss-reactive ketones (excluding diaryl/α,β-unsaturated/α-hetero) is 1. The molecule has 0 radical (unpaired) electrons. The number of ketones is 1. The zero-order valence-electron chi connectivity index (χ0n) is 18.1. The van der Waals surface area contributed by atoms with E-state index in [0.29, 0.717) is 0 Å². The lowest BCUT2D eigenvalue weighted by Gasteiger charge is -2.39. The molecule has 3 rings (SSSR count). The summed E-state index contributed by atoms with van der Waals surface area (Å²) >= 11 is 0. The molecule has 0 spiro atoms. The number of rotatable bonds is 4. The van der Waals surface area contributed by atoms with E-state index in [0.717, 1.165) is 0 Å². The molecule has 2 heterocycles. The summed E-state index contributed by atoms with van der Waals surface area (Å²) in [5.74, 6) is -3.78. The van der Waals surface area contributed by atoms with Gasteiger partial charge in [0.15, 0.2) is 5.78 Å². The number of carbonyl (C=O) groups excluding carboxylic acids is 3. The highest BCUT2D eigenvalue weighted by Crippen LogP contribution is 2.48. The Labute approximate surface area is 180 Å². The standard InChI is InChI=1S/C23H25N3O5/c1-6-31-21(30)23(5)16-13(11-24)12-26(22(2,3)4)19(16)25-20(29)17(23)18(28)14-9-7-8-10-15(14)27/h7-10,12,17,27H,6H2,1-5H3,(H,25,29)/t17-,23-/m0/s1. The molecular weight excluding hydrogens is 398 g/mol. The highest BCUT2D eigenvalue weighted by Gasteiger charge is 2.58. The van der Waals surface area contributed by atoms with Crippen LogP contribution < -0.4 is 5.32 Å². The van der Waals surface area contributed by atoms with Crippen molar-refractivity contribution in [2.45, 2.75) is 45.6 Å². The van der Waals surface area contributed by atoms with Crippen molar-refractivity contribution in [3.8, 4) is 11.8 Å². The van der Waals surface area contributed by atoms with E-state index in [1.54, 1.807) is 29.8 Å². The van der Waals surface area contributed by atoms with E-state index in [1.807, 2.05) is 20.8 Å². The lowest BCUT2D eigenvalue weighted by molar-refractivity contribution is -0.153. The summed E-state index contributed by atoms with van der Waals surface area (Å²) in [5.41, 5.74) is -1.98. The first-order valence-corrected chi connectivity index (χ1v) is 9.95. The van der Waals surface area contributed by atoms with E-state index < -0.39 is 34.5 Å². The molecule has 1 aliphatic rings. The normalized spacial score (nSPS) is 20.4. The number of aromatic nitrogens is 1. The number of aromatic hydroxyl groups is 1. The molecule has 0 saturated carbocycles. The first kappa shape index (κ1) is 22.1. The number of fused-ring (bicyclic) bond motifs is 1. The highest BCUT2D eigenvalue weighted by molar-refractivity contribution is 6.20. The summed E-state index contributed by atoms with van der Waals surface area (Å²) in [6.45, 7) is 8.77. The Bertz CT molecular complexity index is 1120. The van der Waals surface area contributed by atoms with Crippen LogP contribution in [0.2, 0.25) is 0 Å². The SMILES string of the molecule is CCOC(=O)[C@@]1(C)c2c(C#N)cn(C(C)(C)C)c2NC(=O)[C@@H]1C(=O)c1ccccc1O. The van der Waals surface area contributed by atoms with Crippen LogP contribution >= 0.6 is 0 Å². The first-order valence-electron chi connectivity index (χ1n) is 9.95. The number of esters is 1. The fourth-order valence-corrected chi connectivity index (χ4v) is 4.08. The molecule has 1 aromatic heterocycles. The zero-order valence-corrected chi connectivity index (χ0v) is 18.1. The van der Waals surface area contributed by atoms with E-state index >= 15 is 0 Å². The van der Waals surface area contributed by atoms with Crippen LogP contribution in [0.5, 0.6) is 5.75 Å². The molecule has 2 aromatic rings. The number of para-hydroxylation sites is 1. The van der Waals surface area contributed by atoms with Gasteiger partial charge in [0.2, 0.25) is 5.91 Å². The van der Waals surface area contributed by atoms with Gasteiger partial charge < -0.3 is 19.7 Å². The Morgan fingerprint density at radius 1 is 1.32 bits per heavy atom. The Kier molecular flexibility index (Phi) is 5.40. The number of anilines is 1. The monoisotopic (exact) mass is 423 g/mol. The number of phenols is 1. The number of benzene rings is 1. The smallest absolute Gasteiger partial charge is 0.317 e. The molecule has 0 fully saturated rings. The van der Waals surface area contributed by atoms with Crippen molar-refractivity contribution in [2.24, 2.45) is 5.92 Å². The number of nitriles is 1. The lowest BCUT2D eigenvalue weighted by atomic mass is 9.66. The number of phenolic OH excluding ortho intramolecular Hbond substituents is 1. The van der Waals surface area contributed by atoms with Gasteiger partial charge in [-0.05, 0) is 46.8 Å². The van der Waals surface area contributed by atoms with Crippen molar-refractivity contribution in [3.63, 3.8) is 0 Å². The third-order valence-electron chi connectivity index (χ3n) is 5.58. The summed E-state index contributed by atoms with van der Waals surface area (Å²) in [5, 5.41) is 22.7. The predicted octanol–water partition coefficient (Wildman–Crippen LogP) is 3.09. The van der Waals surface area contributed by atoms with E-state index in [4.69, 9.17) is 4.74 Å². The maximum atomic E-state index is 13.5. The van der Waals surface area contributed by atoms with Gasteiger partial charge in [-0.15, -0.1) is 0 Å². The summed E-state index contributed by atoms with van der Waals surface area (Å²) in [7, 11) is 0. The fraction of sp³-hybridized carbons (Fsp3) is 0.391. The molecule has 8 nitrogen and oxygen atoms in total. The van der Waals surface area contributed by atoms with Crippen LogP contribution in [0.15, 0.2) is 30.5 Å². The van der Waals surface area contributed by atoms with Crippen molar-refractivity contribution in [2.75, 3.05) is 11.9 Å². The largest absolute Gasteiger partial charge is 0.507 e. The molecule has 0 bridgehead atoms. The highest BCUT2D eigenvalue weighted by atomic mass is 16.5. The Balaban J connectivity index is 2.33. The molecule has 1 amide bonds. The summed E-state index contributed by atoms with van der Waals surface area (Å²) < 4.78 is 6.98. The van der Waals surface area contributed by atoms with Gasteiger partial charge in [0.25, 0.3) is 0 Å². The number of hydrogen-bond acceptors (Lipinski definition) is 6. The van der Waals surface area contributed by atoms with Gasteiger partial charge >= 0.3 is 5.97 Å². The van der Waals surface area contributed by atoms with Gasteiger partial charge in [0.05, 0.1) is 17.7 Å². The quantitative estimate of drug-likeness (QED) is 0.443. The van der Waals surface area contributed by atoms with Gasteiger partial charge in [0.1, 0.15) is 29.0 Å². The Hall–Kier alpha value is -3.60. The minimum Gasteiger partial charge on any atom is -0.507 e. The van der Waals surface area contributed by atoms with Crippen molar-refractivity contribution in [1.29, 1.82) is 5.26 Å². The molecule has 8 heteroatoms. The minimum absolute atomic E-state index is 0.0325. The van der Waals surface area contributed by atoms with E-state index in [9.17, 15) is 24.8 Å². The lowest BCUT2D eigenvalue weighted by Crippen LogP contribution is -2.54. The number of nitrogens with zero attached hydrogens (tertiary/aromatic N) is 2. The number of nitrogens with one attached hydrogen (secondary N) is 1. The number of ether oxygens (including phenoxy) is 1. The second-order valence-corrected chi connectivity index (χ2v) is 8.65. The fourth-order valence-electron chi connectivity index (χ4n) is 4.08. The van der Waals surface area contributed by atoms with Crippen LogP contribution in [-0.2, 0) is 25.3 Å². The van der Waals surface area contributed by atoms with Crippen molar-refractivity contribution < 1.29 is 24.2 Å². The number of amides is 1. The van der Waals surface area contributed by atoms with Crippen molar-refractivity contribution in [1.82, 2.24) is 4.57 Å². The van der Waals surface area contributed by atoms with Crippen LogP contribution in [0.3, 0.4) is 0 Å². The summed E-state index contributed by atoms with van der Waals surface area (Å²) in [4.78, 5) is 40.0. The maximum absolute atomic E-state index is 13.5. The van der Waals surface area contributed by atoms with Crippen molar-refractivity contribution >= 4 is 23.5 Å². The third kappa shape index (κ3) is 3.36. The molecule has 1 aliphatic heterocycles. The molecule has 0 unspecified atom stereocenters. The van der Waals surface area contributed by atoms with Crippen LogP contribution in [0.25, 0.3) is 0 Å². The first-order chi connectivity index (χ1) is 14.5. The van der Waals surface area contributed by atoms with Gasteiger partial charge in [-0.2, -0.15) is 5.26 Å². The summed E-state index contributed by atoms with van der Waals surface area (Å²) in [6.07, 6.45) is 1.56. The van der Waals surface area contributed by atoms with Gasteiger partial charge in [-0.25, -0.2) is 0 Å². The third-order valence-corrected chi connectivity index (χ3v) is 5.58. The Morgan fingerprint density at radius 3 is 2.52 bits per heavy atom. The molecule has 1 aromatic carbocycles. The second-order valence-electron chi connectivity index (χ2n) is 8.65. The van der Waals surface area contributed by atoms with E-state index in [2.05, 4.69) is 11.4 Å². The molecule has 162 valence electrons. The molecule has 2 N–H and O–H groups in total. The van der Waals surface area contributed by atoms with Crippen molar-refractivity contribution in [3.05, 3.63) is 47.2 Å². The van der Waals surface area contributed by atoms with E-state index in [-0.39, 0.29) is 34.9 Å². The molecule has 31 heavy (non-hydrogen) atoms. The zero-order chi connectivity index (χ0) is 23.1. The van der Waals surface area contributed by atoms with Gasteiger partial charge in [0, 0.05) is 17.3 Å². The summed E-state index contributed by atoms with van der Waals surface area (Å²) in [6, 6.07) is 7.90. The molecule has 0 saturated heterocycles. The average molecular weight is 423 g/mol. The predicted molar refractivity (Wildman–Crippen MR) is 113 cm³/mol. The molecule has 0 aliphatic carbocycles. The number of hydrogen-bond donors (Lipinski definition) is 2. The van der Waals surface area contributed by atoms with Gasteiger partial charge in [-0.3, -0.25) is 14.4 Å². The average Bonchev–Trinajstić information content (AvgIpc) is 3.07. The van der Waals surface area contributed by atoms with Crippen LogP contribution in [0.1, 0.15) is 56.1 Å². The van der Waals surface area contributed by atoms with Crippen LogP contribution in [0.4, 0.5) is 5.82 Å². The Morgan fingerprint density at radius 2 is 1.97 bits per heavy atom. The second kappa shape index (κ2) is 7.58. The minimum atomic E-state index is -1.77.